The van der Waals surface area contributed by atoms with Gasteiger partial charge in [0.15, 0.2) is 0 Å². The van der Waals surface area contributed by atoms with Crippen LogP contribution in [0.3, 0.4) is 0 Å². The van der Waals surface area contributed by atoms with Gasteiger partial charge in [-0.25, -0.2) is 0 Å². The smallest absolute Gasteiger partial charge is 0.0604 e. The van der Waals surface area contributed by atoms with Crippen LogP contribution in [0.1, 0.15) is 64.2 Å². The molecule has 0 aromatic rings. The summed E-state index contributed by atoms with van der Waals surface area (Å²) in [5.41, 5.74) is 0.587. The van der Waals surface area contributed by atoms with E-state index in [0.29, 0.717) is 11.3 Å². The van der Waals surface area contributed by atoms with Gasteiger partial charge in [0.2, 0.25) is 0 Å². The summed E-state index contributed by atoms with van der Waals surface area (Å²) in [5.74, 6) is 2.99. The topological polar surface area (TPSA) is 40.5 Å². The van der Waals surface area contributed by atoms with Gasteiger partial charge in [-0.05, 0) is 80.5 Å². The van der Waals surface area contributed by atoms with Crippen LogP contribution in [0.15, 0.2) is 0 Å². The molecule has 2 spiro atoms. The first-order valence-electron chi connectivity index (χ1n) is 9.05. The van der Waals surface area contributed by atoms with Crippen molar-refractivity contribution in [1.82, 2.24) is 0 Å². The van der Waals surface area contributed by atoms with E-state index in [1.54, 1.807) is 0 Å². The Kier molecular flexibility index (Phi) is 2.38. The number of hydrogen-bond acceptors (Lipinski definition) is 2. The SMILES string of the molecule is OC1CC23CC24C(O)CCCC4CCC3C2CCCC12. The second-order valence-electron chi connectivity index (χ2n) is 8.73. The van der Waals surface area contributed by atoms with E-state index in [1.165, 1.54) is 51.4 Å². The highest BCUT2D eigenvalue weighted by Crippen LogP contribution is 2.83. The van der Waals surface area contributed by atoms with Crippen molar-refractivity contribution in [3.05, 3.63) is 0 Å². The van der Waals surface area contributed by atoms with Gasteiger partial charge in [-0.15, -0.1) is 0 Å². The summed E-state index contributed by atoms with van der Waals surface area (Å²) in [5, 5.41) is 21.5. The van der Waals surface area contributed by atoms with Crippen molar-refractivity contribution in [2.45, 2.75) is 76.4 Å². The lowest BCUT2D eigenvalue weighted by Gasteiger charge is -2.53. The molecule has 0 aliphatic heterocycles. The number of hydrogen-bond donors (Lipinski definition) is 2. The summed E-state index contributed by atoms with van der Waals surface area (Å²) < 4.78 is 0. The van der Waals surface area contributed by atoms with Crippen LogP contribution in [-0.2, 0) is 0 Å². The molecule has 5 aliphatic rings. The molecule has 5 saturated carbocycles. The average Bonchev–Trinajstić information content (AvgIpc) is 2.85. The van der Waals surface area contributed by atoms with Crippen LogP contribution in [0.25, 0.3) is 0 Å². The summed E-state index contributed by atoms with van der Waals surface area (Å²) in [4.78, 5) is 0. The van der Waals surface area contributed by atoms with Gasteiger partial charge in [-0.1, -0.05) is 12.8 Å². The summed E-state index contributed by atoms with van der Waals surface area (Å²) in [6.45, 7) is 0. The average molecular weight is 276 g/mol. The molecule has 0 aromatic heterocycles. The molecule has 112 valence electrons. The molecule has 0 saturated heterocycles. The van der Waals surface area contributed by atoms with Crippen molar-refractivity contribution in [3.8, 4) is 0 Å². The molecule has 5 fully saturated rings. The van der Waals surface area contributed by atoms with E-state index >= 15 is 0 Å². The van der Waals surface area contributed by atoms with Crippen molar-refractivity contribution in [3.63, 3.8) is 0 Å². The van der Waals surface area contributed by atoms with Gasteiger partial charge in [-0.3, -0.25) is 0 Å². The Hall–Kier alpha value is -0.0800. The monoisotopic (exact) mass is 276 g/mol. The number of rotatable bonds is 0. The van der Waals surface area contributed by atoms with Gasteiger partial charge in [0.1, 0.15) is 0 Å². The van der Waals surface area contributed by atoms with E-state index in [-0.39, 0.29) is 17.6 Å². The van der Waals surface area contributed by atoms with Gasteiger partial charge in [-0.2, -0.15) is 0 Å². The standard InChI is InChI=1S/C18H28O2/c19-15-9-17-10-18(17)11(3-1-6-16(18)20)7-8-14(17)12-4-2-5-13(12)15/h11-16,19-20H,1-10H2. The molecule has 0 radical (unpaired) electrons. The van der Waals surface area contributed by atoms with Crippen LogP contribution in [0, 0.1) is 34.5 Å². The van der Waals surface area contributed by atoms with Gasteiger partial charge >= 0.3 is 0 Å². The maximum atomic E-state index is 10.8. The van der Waals surface area contributed by atoms with E-state index in [4.69, 9.17) is 0 Å². The molecule has 2 nitrogen and oxygen atoms in total. The highest BCUT2D eigenvalue weighted by Gasteiger charge is 2.79. The van der Waals surface area contributed by atoms with Crippen LogP contribution < -0.4 is 0 Å². The minimum absolute atomic E-state index is 0.0609. The number of aliphatic hydroxyl groups excluding tert-OH is 2. The molecule has 0 amide bonds. The lowest BCUT2D eigenvalue weighted by atomic mass is 9.52. The Labute approximate surface area is 122 Å². The Morgan fingerprint density at radius 2 is 1.60 bits per heavy atom. The number of aliphatic hydroxyl groups is 2. The second kappa shape index (κ2) is 3.81. The predicted octanol–water partition coefficient (Wildman–Crippen LogP) is 3.11. The molecule has 5 rings (SSSR count). The van der Waals surface area contributed by atoms with Crippen molar-refractivity contribution >= 4 is 0 Å². The van der Waals surface area contributed by atoms with Gasteiger partial charge in [0, 0.05) is 5.41 Å². The summed E-state index contributed by atoms with van der Waals surface area (Å²) in [6.07, 6.45) is 12.4. The Morgan fingerprint density at radius 1 is 0.800 bits per heavy atom. The molecular weight excluding hydrogens is 248 g/mol. The van der Waals surface area contributed by atoms with Gasteiger partial charge in [0.05, 0.1) is 12.2 Å². The minimum atomic E-state index is -0.0639. The largest absolute Gasteiger partial charge is 0.393 e. The molecule has 5 aliphatic carbocycles. The fraction of sp³-hybridized carbons (Fsp3) is 1.00. The van der Waals surface area contributed by atoms with E-state index in [1.807, 2.05) is 0 Å². The summed E-state index contributed by atoms with van der Waals surface area (Å²) >= 11 is 0. The minimum Gasteiger partial charge on any atom is -0.393 e. The molecule has 8 unspecified atom stereocenters. The maximum absolute atomic E-state index is 10.8. The van der Waals surface area contributed by atoms with E-state index in [9.17, 15) is 10.2 Å². The Morgan fingerprint density at radius 3 is 2.50 bits per heavy atom. The van der Waals surface area contributed by atoms with Crippen molar-refractivity contribution in [1.29, 1.82) is 0 Å². The van der Waals surface area contributed by atoms with Crippen LogP contribution >= 0.6 is 0 Å². The zero-order valence-electron chi connectivity index (χ0n) is 12.4. The summed E-state index contributed by atoms with van der Waals surface area (Å²) in [6, 6.07) is 0. The van der Waals surface area contributed by atoms with Crippen molar-refractivity contribution in [2.75, 3.05) is 0 Å². The predicted molar refractivity (Wildman–Crippen MR) is 77.0 cm³/mol. The third kappa shape index (κ3) is 1.22. The third-order valence-corrected chi connectivity index (χ3v) is 8.51. The van der Waals surface area contributed by atoms with Crippen molar-refractivity contribution in [2.24, 2.45) is 34.5 Å². The molecule has 2 heteroatoms. The highest BCUT2D eigenvalue weighted by atomic mass is 16.3. The van der Waals surface area contributed by atoms with Crippen LogP contribution in [0.2, 0.25) is 0 Å². The third-order valence-electron chi connectivity index (χ3n) is 8.51. The van der Waals surface area contributed by atoms with Crippen LogP contribution in [0.4, 0.5) is 0 Å². The lowest BCUT2D eigenvalue weighted by molar-refractivity contribution is -0.113. The second-order valence-corrected chi connectivity index (χ2v) is 8.73. The fourth-order valence-corrected chi connectivity index (χ4v) is 7.91. The molecular formula is C18H28O2. The molecule has 0 aromatic carbocycles. The quantitative estimate of drug-likeness (QED) is 0.713. The van der Waals surface area contributed by atoms with E-state index in [2.05, 4.69) is 0 Å². The van der Waals surface area contributed by atoms with Crippen LogP contribution in [-0.4, -0.2) is 22.4 Å². The van der Waals surface area contributed by atoms with Crippen LogP contribution in [0.5, 0.6) is 0 Å². The van der Waals surface area contributed by atoms with E-state index < -0.39 is 0 Å². The molecule has 8 atom stereocenters. The van der Waals surface area contributed by atoms with Crippen molar-refractivity contribution < 1.29 is 10.2 Å². The first-order chi connectivity index (χ1) is 9.69. The molecule has 0 bridgehead atoms. The maximum Gasteiger partial charge on any atom is 0.0604 e. The van der Waals surface area contributed by atoms with Gasteiger partial charge < -0.3 is 10.2 Å². The highest BCUT2D eigenvalue weighted by molar-refractivity contribution is 5.28. The fourth-order valence-electron chi connectivity index (χ4n) is 7.91. The summed E-state index contributed by atoms with van der Waals surface area (Å²) in [7, 11) is 0. The zero-order chi connectivity index (χ0) is 13.5. The molecule has 20 heavy (non-hydrogen) atoms. The Bertz CT molecular complexity index is 435. The normalized spacial score (nSPS) is 63.9. The number of fused-ring (bicyclic) bond motifs is 2. The first-order valence-corrected chi connectivity index (χ1v) is 9.05. The van der Waals surface area contributed by atoms with E-state index in [0.717, 1.165) is 30.6 Å². The molecule has 0 heterocycles. The zero-order valence-corrected chi connectivity index (χ0v) is 12.4. The molecule has 2 N–H and O–H groups in total. The first kappa shape index (κ1) is 12.5. The van der Waals surface area contributed by atoms with Gasteiger partial charge in [0.25, 0.3) is 0 Å². The Balaban J connectivity index is 1.56. The lowest BCUT2D eigenvalue weighted by Crippen LogP contribution is -2.51.